The molecule has 2 aliphatic heterocycles. The standard InChI is InChI=1S/C18H28N4OS5/c1-12(19)18(3-5-20(2)6-4-18)28(23)22-9-7-21(8-10-22)15-16(26)13(24)11-14(25)17(15)27/h11,24-27H,1,3-10,19H2,2H3. The van der Waals surface area contributed by atoms with Gasteiger partial charge in [0.05, 0.1) is 5.69 Å². The van der Waals surface area contributed by atoms with Crippen LogP contribution in [-0.4, -0.2) is 64.5 Å². The van der Waals surface area contributed by atoms with E-state index in [-0.39, 0.29) is 0 Å². The van der Waals surface area contributed by atoms with E-state index in [0.29, 0.717) is 18.8 Å². The number of nitrogens with two attached hydrogens (primary N) is 1. The zero-order valence-electron chi connectivity index (χ0n) is 16.0. The average molecular weight is 477 g/mol. The Morgan fingerprint density at radius 2 is 1.54 bits per heavy atom. The Bertz CT molecular complexity index is 760. The summed E-state index contributed by atoms with van der Waals surface area (Å²) in [6.07, 6.45) is 1.55. The third-order valence-corrected chi connectivity index (χ3v) is 9.85. The summed E-state index contributed by atoms with van der Waals surface area (Å²) in [6.45, 7) is 8.56. The van der Waals surface area contributed by atoms with E-state index in [2.05, 4.69) is 73.9 Å². The Morgan fingerprint density at radius 3 is 2.00 bits per heavy atom. The third kappa shape index (κ3) is 4.24. The van der Waals surface area contributed by atoms with Crippen LogP contribution in [0, 0.1) is 0 Å². The monoisotopic (exact) mass is 476 g/mol. The number of nitrogens with zero attached hydrogens (tertiary/aromatic N) is 3. The fourth-order valence-electron chi connectivity index (χ4n) is 3.83. The Labute approximate surface area is 192 Å². The van der Waals surface area contributed by atoms with Crippen LogP contribution >= 0.6 is 50.5 Å². The van der Waals surface area contributed by atoms with Crippen molar-refractivity contribution in [1.29, 1.82) is 0 Å². The Kier molecular flexibility index (Phi) is 7.33. The molecule has 28 heavy (non-hydrogen) atoms. The highest BCUT2D eigenvalue weighted by atomic mass is 32.2. The van der Waals surface area contributed by atoms with Gasteiger partial charge >= 0.3 is 0 Å². The quantitative estimate of drug-likeness (QED) is 0.434. The molecule has 2 saturated heterocycles. The van der Waals surface area contributed by atoms with Gasteiger partial charge in [0.25, 0.3) is 0 Å². The first-order valence-corrected chi connectivity index (χ1v) is 12.1. The van der Waals surface area contributed by atoms with Crippen molar-refractivity contribution in [3.05, 3.63) is 18.3 Å². The first kappa shape index (κ1) is 22.7. The first-order valence-electron chi connectivity index (χ1n) is 9.19. The molecule has 3 rings (SSSR count). The van der Waals surface area contributed by atoms with Crippen molar-refractivity contribution in [2.75, 3.05) is 51.2 Å². The number of thiol groups is 4. The molecule has 2 fully saturated rings. The van der Waals surface area contributed by atoms with E-state index in [1.165, 1.54) is 0 Å². The van der Waals surface area contributed by atoms with Crippen LogP contribution in [0.25, 0.3) is 0 Å². The van der Waals surface area contributed by atoms with E-state index in [9.17, 15) is 4.21 Å². The molecule has 0 bridgehead atoms. The van der Waals surface area contributed by atoms with Crippen LogP contribution in [0.2, 0.25) is 0 Å². The number of hydrogen-bond donors (Lipinski definition) is 5. The Balaban J connectivity index is 1.75. The molecule has 2 aliphatic rings. The largest absolute Gasteiger partial charge is 0.401 e. The van der Waals surface area contributed by atoms with Crippen LogP contribution in [0.4, 0.5) is 5.69 Å². The number of likely N-dealkylation sites (tertiary alicyclic amines) is 1. The van der Waals surface area contributed by atoms with Crippen LogP contribution in [0.3, 0.4) is 0 Å². The maximum atomic E-state index is 13.5. The van der Waals surface area contributed by atoms with E-state index in [0.717, 1.165) is 64.3 Å². The number of benzene rings is 1. The Morgan fingerprint density at radius 1 is 1.04 bits per heavy atom. The summed E-state index contributed by atoms with van der Waals surface area (Å²) in [5.74, 6) is 0. The summed E-state index contributed by atoms with van der Waals surface area (Å²) < 4.78 is 15.0. The third-order valence-electron chi connectivity index (χ3n) is 5.71. The minimum atomic E-state index is -1.20. The molecule has 0 aliphatic carbocycles. The van der Waals surface area contributed by atoms with Crippen molar-refractivity contribution >= 4 is 67.2 Å². The molecule has 0 saturated carbocycles. The van der Waals surface area contributed by atoms with Crippen molar-refractivity contribution < 1.29 is 4.21 Å². The van der Waals surface area contributed by atoms with Crippen molar-refractivity contribution in [3.8, 4) is 0 Å². The zero-order chi connectivity index (χ0) is 20.6. The van der Waals surface area contributed by atoms with Crippen LogP contribution in [0.15, 0.2) is 37.9 Å². The molecule has 0 radical (unpaired) electrons. The van der Waals surface area contributed by atoms with Gasteiger partial charge in [-0.3, -0.25) is 0 Å². The molecule has 10 heteroatoms. The van der Waals surface area contributed by atoms with Crippen molar-refractivity contribution in [1.82, 2.24) is 9.21 Å². The van der Waals surface area contributed by atoms with Crippen LogP contribution in [0.1, 0.15) is 12.8 Å². The highest BCUT2D eigenvalue weighted by Gasteiger charge is 2.44. The van der Waals surface area contributed by atoms with Gasteiger partial charge in [0.2, 0.25) is 0 Å². The molecule has 156 valence electrons. The van der Waals surface area contributed by atoms with E-state index in [4.69, 9.17) is 5.73 Å². The van der Waals surface area contributed by atoms with Gasteiger partial charge < -0.3 is 15.5 Å². The summed E-state index contributed by atoms with van der Waals surface area (Å²) in [5, 5.41) is 0. The van der Waals surface area contributed by atoms with Crippen molar-refractivity contribution in [2.24, 2.45) is 5.73 Å². The highest BCUT2D eigenvalue weighted by molar-refractivity contribution is 7.85. The minimum Gasteiger partial charge on any atom is -0.401 e. The second-order valence-electron chi connectivity index (χ2n) is 7.45. The molecular formula is C18H28N4OS5. The Hall–Kier alpha value is 0.0300. The molecular weight excluding hydrogens is 449 g/mol. The second kappa shape index (κ2) is 9.03. The number of anilines is 1. The molecule has 0 amide bonds. The summed E-state index contributed by atoms with van der Waals surface area (Å²) in [5.41, 5.74) is 7.64. The SMILES string of the molecule is C=C(N)C1(S(=O)N2CCN(c3c(S)c(S)cc(S)c3S)CC2)CCN(C)CC1. The summed E-state index contributed by atoms with van der Waals surface area (Å²) >= 11 is 18.2. The van der Waals surface area contributed by atoms with Crippen LogP contribution < -0.4 is 10.6 Å². The molecule has 2 heterocycles. The number of hydrogen-bond acceptors (Lipinski definition) is 8. The summed E-state index contributed by atoms with van der Waals surface area (Å²) in [6, 6.07) is 1.85. The molecule has 0 aromatic heterocycles. The molecule has 1 aromatic carbocycles. The summed E-state index contributed by atoms with van der Waals surface area (Å²) in [7, 11) is 0.883. The number of piperazine rings is 1. The van der Waals surface area contributed by atoms with Crippen molar-refractivity contribution in [2.45, 2.75) is 37.2 Å². The fraction of sp³-hybridized carbons (Fsp3) is 0.556. The number of piperidine rings is 1. The predicted octanol–water partition coefficient (Wildman–Crippen LogP) is 2.56. The first-order chi connectivity index (χ1) is 13.2. The lowest BCUT2D eigenvalue weighted by Crippen LogP contribution is -2.56. The van der Waals surface area contributed by atoms with Gasteiger partial charge in [0.1, 0.15) is 15.7 Å². The van der Waals surface area contributed by atoms with Gasteiger partial charge in [-0.15, -0.1) is 50.5 Å². The lowest BCUT2D eigenvalue weighted by molar-refractivity contribution is 0.245. The van der Waals surface area contributed by atoms with Crippen LogP contribution in [-0.2, 0) is 11.0 Å². The maximum absolute atomic E-state index is 13.5. The highest BCUT2D eigenvalue weighted by Crippen LogP contribution is 2.41. The molecule has 1 aromatic rings. The topological polar surface area (TPSA) is 52.8 Å². The summed E-state index contributed by atoms with van der Waals surface area (Å²) in [4.78, 5) is 7.61. The number of rotatable bonds is 4. The molecule has 0 spiro atoms. The van der Waals surface area contributed by atoms with E-state index < -0.39 is 15.7 Å². The van der Waals surface area contributed by atoms with Gasteiger partial charge in [-0.2, -0.15) is 0 Å². The maximum Gasteiger partial charge on any atom is 0.107 e. The normalized spacial score (nSPS) is 22.2. The lowest BCUT2D eigenvalue weighted by Gasteiger charge is -2.44. The van der Waals surface area contributed by atoms with Gasteiger partial charge in [-0.05, 0) is 39.0 Å². The van der Waals surface area contributed by atoms with E-state index >= 15 is 0 Å². The minimum absolute atomic E-state index is 0.526. The van der Waals surface area contributed by atoms with E-state index in [1.807, 2.05) is 10.4 Å². The van der Waals surface area contributed by atoms with Gasteiger partial charge in [0.15, 0.2) is 0 Å². The average Bonchev–Trinajstić information content (AvgIpc) is 2.67. The van der Waals surface area contributed by atoms with Crippen molar-refractivity contribution in [3.63, 3.8) is 0 Å². The molecule has 1 unspecified atom stereocenters. The molecule has 2 N–H and O–H groups in total. The smallest absolute Gasteiger partial charge is 0.107 e. The fourth-order valence-corrected chi connectivity index (χ4v) is 6.87. The lowest BCUT2D eigenvalue weighted by atomic mass is 9.93. The second-order valence-corrected chi connectivity index (χ2v) is 11.1. The van der Waals surface area contributed by atoms with Gasteiger partial charge in [-0.1, -0.05) is 6.58 Å². The van der Waals surface area contributed by atoms with Gasteiger partial charge in [0, 0.05) is 51.5 Å². The van der Waals surface area contributed by atoms with Gasteiger partial charge in [-0.25, -0.2) is 8.51 Å². The predicted molar refractivity (Wildman–Crippen MR) is 130 cm³/mol. The molecule has 1 atom stereocenters. The molecule has 5 nitrogen and oxygen atoms in total. The van der Waals surface area contributed by atoms with Crippen LogP contribution in [0.5, 0.6) is 0 Å². The zero-order valence-corrected chi connectivity index (χ0v) is 20.4. The van der Waals surface area contributed by atoms with E-state index in [1.54, 1.807) is 0 Å².